The lowest BCUT2D eigenvalue weighted by atomic mass is 9.82. The Morgan fingerprint density at radius 3 is 2.06 bits per heavy atom. The van der Waals surface area contributed by atoms with Gasteiger partial charge >= 0.3 is 0 Å². The first-order valence-corrected chi connectivity index (χ1v) is 5.86. The zero-order valence-electron chi connectivity index (χ0n) is 11.3. The van der Waals surface area contributed by atoms with Crippen molar-refractivity contribution in [3.05, 3.63) is 41.5 Å². The smallest absolute Gasteiger partial charge is 0.251 e. The highest BCUT2D eigenvalue weighted by Crippen LogP contribution is 2.32. The van der Waals surface area contributed by atoms with Crippen LogP contribution in [0.1, 0.15) is 33.3 Å². The summed E-state index contributed by atoms with van der Waals surface area (Å²) in [7, 11) is 1.67. The van der Waals surface area contributed by atoms with Crippen molar-refractivity contribution >= 4 is 11.5 Å². The summed E-state index contributed by atoms with van der Waals surface area (Å²) in [6.07, 6.45) is 0. The normalized spacial score (nSPS) is 13.0. The Hall–Kier alpha value is -1.57. The molecule has 0 aliphatic rings. The summed E-state index contributed by atoms with van der Waals surface area (Å²) in [6.45, 7) is 8.38. The maximum absolute atomic E-state index is 12.0. The van der Waals surface area contributed by atoms with Gasteiger partial charge in [-0.1, -0.05) is 56.7 Å². The summed E-state index contributed by atoms with van der Waals surface area (Å²) in [5.74, 6) is -0.0244. The molecule has 0 aliphatic carbocycles. The van der Waals surface area contributed by atoms with E-state index in [1.807, 2.05) is 37.3 Å². The van der Waals surface area contributed by atoms with Crippen molar-refractivity contribution in [1.29, 1.82) is 0 Å². The molecule has 1 amide bonds. The Bertz CT molecular complexity index is 424. The molecule has 1 N–H and O–H groups in total. The van der Waals surface area contributed by atoms with Gasteiger partial charge in [0.2, 0.25) is 0 Å². The average molecular weight is 231 g/mol. The molecule has 0 radical (unpaired) electrons. The molecule has 1 aromatic carbocycles. The van der Waals surface area contributed by atoms with Crippen molar-refractivity contribution in [3.8, 4) is 0 Å². The Labute approximate surface area is 104 Å². The molecule has 0 heterocycles. The average Bonchev–Trinajstić information content (AvgIpc) is 2.29. The van der Waals surface area contributed by atoms with Crippen LogP contribution in [0.5, 0.6) is 0 Å². The van der Waals surface area contributed by atoms with E-state index in [9.17, 15) is 4.79 Å². The lowest BCUT2D eigenvalue weighted by Gasteiger charge is -2.23. The summed E-state index contributed by atoms with van der Waals surface area (Å²) in [5, 5.41) is 2.72. The molecule has 0 fully saturated rings. The first-order valence-electron chi connectivity index (χ1n) is 5.86. The number of likely N-dealkylation sites (N-methyl/N-ethyl adjacent to an activating group) is 1. The molecule has 2 nitrogen and oxygen atoms in total. The SMILES string of the molecule is CNC(=O)C(=C(C)C(C)(C)C)c1ccccc1. The van der Waals surface area contributed by atoms with Crippen LogP contribution >= 0.6 is 0 Å². The van der Waals surface area contributed by atoms with Crippen LogP contribution < -0.4 is 5.32 Å². The topological polar surface area (TPSA) is 29.1 Å². The van der Waals surface area contributed by atoms with Crippen molar-refractivity contribution in [1.82, 2.24) is 5.32 Å². The highest BCUT2D eigenvalue weighted by molar-refractivity contribution is 6.20. The number of benzene rings is 1. The molecule has 0 bridgehead atoms. The van der Waals surface area contributed by atoms with E-state index < -0.39 is 0 Å². The third-order valence-electron chi connectivity index (χ3n) is 3.02. The van der Waals surface area contributed by atoms with E-state index in [0.717, 1.165) is 16.7 Å². The maximum atomic E-state index is 12.0. The van der Waals surface area contributed by atoms with Crippen molar-refractivity contribution in [2.75, 3.05) is 7.05 Å². The Balaban J connectivity index is 3.38. The molecule has 0 spiro atoms. The number of hydrogen-bond acceptors (Lipinski definition) is 1. The number of amides is 1. The summed E-state index contributed by atoms with van der Waals surface area (Å²) < 4.78 is 0. The van der Waals surface area contributed by atoms with Crippen molar-refractivity contribution in [3.63, 3.8) is 0 Å². The third-order valence-corrected chi connectivity index (χ3v) is 3.02. The monoisotopic (exact) mass is 231 g/mol. The van der Waals surface area contributed by atoms with E-state index in [-0.39, 0.29) is 11.3 Å². The van der Waals surface area contributed by atoms with Crippen LogP contribution in [0.15, 0.2) is 35.9 Å². The molecule has 17 heavy (non-hydrogen) atoms. The fourth-order valence-electron chi connectivity index (χ4n) is 1.62. The van der Waals surface area contributed by atoms with Gasteiger partial charge in [-0.05, 0) is 17.9 Å². The maximum Gasteiger partial charge on any atom is 0.251 e. The highest BCUT2D eigenvalue weighted by atomic mass is 16.1. The molecular weight excluding hydrogens is 210 g/mol. The Kier molecular flexibility index (Phi) is 4.11. The second-order valence-corrected chi connectivity index (χ2v) is 5.20. The van der Waals surface area contributed by atoms with Gasteiger partial charge in [-0.15, -0.1) is 0 Å². The van der Waals surface area contributed by atoms with Crippen LogP contribution in [0, 0.1) is 5.41 Å². The van der Waals surface area contributed by atoms with E-state index in [2.05, 4.69) is 26.1 Å². The highest BCUT2D eigenvalue weighted by Gasteiger charge is 2.21. The van der Waals surface area contributed by atoms with E-state index >= 15 is 0 Å². The van der Waals surface area contributed by atoms with Crippen molar-refractivity contribution in [2.24, 2.45) is 5.41 Å². The summed E-state index contributed by atoms with van der Waals surface area (Å²) in [4.78, 5) is 12.0. The molecule has 0 aliphatic heterocycles. The van der Waals surface area contributed by atoms with Crippen LogP contribution in [-0.2, 0) is 4.79 Å². The van der Waals surface area contributed by atoms with Crippen molar-refractivity contribution < 1.29 is 4.79 Å². The summed E-state index contributed by atoms with van der Waals surface area (Å²) in [6, 6.07) is 9.81. The van der Waals surface area contributed by atoms with Crippen LogP contribution in [0.4, 0.5) is 0 Å². The Morgan fingerprint density at radius 1 is 1.12 bits per heavy atom. The van der Waals surface area contributed by atoms with E-state index in [1.165, 1.54) is 0 Å². The molecule has 0 saturated carbocycles. The minimum Gasteiger partial charge on any atom is -0.355 e. The van der Waals surface area contributed by atoms with Gasteiger partial charge in [0.1, 0.15) is 0 Å². The van der Waals surface area contributed by atoms with Gasteiger partial charge < -0.3 is 5.32 Å². The zero-order valence-corrected chi connectivity index (χ0v) is 11.3. The van der Waals surface area contributed by atoms with E-state index in [1.54, 1.807) is 7.05 Å². The first-order chi connectivity index (χ1) is 7.88. The Morgan fingerprint density at radius 2 is 1.65 bits per heavy atom. The standard InChI is InChI=1S/C15H21NO/c1-11(15(2,3)4)13(14(17)16-5)12-9-7-6-8-10-12/h6-10H,1-5H3,(H,16,17). The number of nitrogens with one attached hydrogen (secondary N) is 1. The second-order valence-electron chi connectivity index (χ2n) is 5.20. The van der Waals surface area contributed by atoms with Crippen LogP contribution in [0.2, 0.25) is 0 Å². The predicted molar refractivity (Wildman–Crippen MR) is 72.6 cm³/mol. The number of carbonyl (C=O) groups excluding carboxylic acids is 1. The van der Waals surface area contributed by atoms with E-state index in [0.29, 0.717) is 0 Å². The molecule has 0 aromatic heterocycles. The second kappa shape index (κ2) is 5.17. The minimum absolute atomic E-state index is 0.0162. The molecule has 0 atom stereocenters. The van der Waals surface area contributed by atoms with Gasteiger partial charge in [-0.2, -0.15) is 0 Å². The number of allylic oxidation sites excluding steroid dienone is 1. The van der Waals surface area contributed by atoms with Crippen LogP contribution in [0.3, 0.4) is 0 Å². The van der Waals surface area contributed by atoms with Gasteiger partial charge in [-0.25, -0.2) is 0 Å². The molecule has 0 unspecified atom stereocenters. The van der Waals surface area contributed by atoms with Crippen LogP contribution in [0.25, 0.3) is 5.57 Å². The summed E-state index contributed by atoms with van der Waals surface area (Å²) >= 11 is 0. The first kappa shape index (κ1) is 13.5. The van der Waals surface area contributed by atoms with Gasteiger partial charge in [0.25, 0.3) is 5.91 Å². The van der Waals surface area contributed by atoms with Gasteiger partial charge in [0.15, 0.2) is 0 Å². The number of carbonyl (C=O) groups is 1. The molecule has 92 valence electrons. The van der Waals surface area contributed by atoms with Crippen molar-refractivity contribution in [2.45, 2.75) is 27.7 Å². The fourth-order valence-corrected chi connectivity index (χ4v) is 1.62. The van der Waals surface area contributed by atoms with E-state index in [4.69, 9.17) is 0 Å². The molecule has 0 saturated heterocycles. The molecular formula is C15H21NO. The number of hydrogen-bond donors (Lipinski definition) is 1. The number of rotatable bonds is 2. The zero-order chi connectivity index (χ0) is 13.1. The fraction of sp³-hybridized carbons (Fsp3) is 0.400. The lowest BCUT2D eigenvalue weighted by Crippen LogP contribution is -2.23. The van der Waals surface area contributed by atoms with Crippen LogP contribution in [-0.4, -0.2) is 13.0 Å². The van der Waals surface area contributed by atoms with Gasteiger partial charge in [0, 0.05) is 12.6 Å². The quantitative estimate of drug-likeness (QED) is 0.778. The molecule has 1 rings (SSSR count). The lowest BCUT2D eigenvalue weighted by molar-refractivity contribution is -0.115. The predicted octanol–water partition coefficient (Wildman–Crippen LogP) is 3.25. The van der Waals surface area contributed by atoms with Gasteiger partial charge in [-0.3, -0.25) is 4.79 Å². The minimum atomic E-state index is -0.0244. The summed E-state index contributed by atoms with van der Waals surface area (Å²) in [5.41, 5.74) is 2.83. The third kappa shape index (κ3) is 3.19. The van der Waals surface area contributed by atoms with Gasteiger partial charge in [0.05, 0.1) is 0 Å². The molecule has 2 heteroatoms. The molecule has 1 aromatic rings. The largest absolute Gasteiger partial charge is 0.355 e.